The highest BCUT2D eigenvalue weighted by Crippen LogP contribution is 2.39. The first-order chi connectivity index (χ1) is 9.33. The van der Waals surface area contributed by atoms with Gasteiger partial charge in [0.2, 0.25) is 0 Å². The number of thioether (sulfide) groups is 1. The minimum absolute atomic E-state index is 0.0239. The first kappa shape index (κ1) is 15.0. The van der Waals surface area contributed by atoms with E-state index in [4.69, 9.17) is 0 Å². The zero-order valence-electron chi connectivity index (χ0n) is 12.1. The number of benzene rings is 1. The van der Waals surface area contributed by atoms with Gasteiger partial charge in [0.15, 0.2) is 5.17 Å². The lowest BCUT2D eigenvalue weighted by Crippen LogP contribution is -2.34. The van der Waals surface area contributed by atoms with Gasteiger partial charge in [-0.2, -0.15) is 4.99 Å². The normalized spacial score (nSPS) is 23.9. The standard InChI is InChI=1S/C15H19FN2OS/c1-9(2)15(4)13(19)18-14(20-15)17-10(3)11-5-7-12(16)8-6-11/h5-10H,1-4H3,(H,17,18,19)/t10-,15?/m0/s1. The van der Waals surface area contributed by atoms with Crippen molar-refractivity contribution in [3.05, 3.63) is 35.6 Å². The Bertz CT molecular complexity index is 541. The fourth-order valence-corrected chi connectivity index (χ4v) is 3.05. The lowest BCUT2D eigenvalue weighted by molar-refractivity contribution is -0.120. The number of rotatable bonds is 3. The SMILES string of the molecule is CC(C)C1(C)SC(N[C@@H](C)c2ccc(F)cc2)=NC1=O. The summed E-state index contributed by atoms with van der Waals surface area (Å²) in [6.45, 7) is 7.93. The van der Waals surface area contributed by atoms with Crippen LogP contribution in [0.5, 0.6) is 0 Å². The molecule has 0 bridgehead atoms. The van der Waals surface area contributed by atoms with Gasteiger partial charge in [-0.15, -0.1) is 0 Å². The van der Waals surface area contributed by atoms with Gasteiger partial charge in [0, 0.05) is 0 Å². The number of amidine groups is 1. The van der Waals surface area contributed by atoms with Crippen molar-refractivity contribution in [2.24, 2.45) is 10.9 Å². The van der Waals surface area contributed by atoms with E-state index in [1.165, 1.54) is 23.9 Å². The van der Waals surface area contributed by atoms with Gasteiger partial charge < -0.3 is 5.32 Å². The van der Waals surface area contributed by atoms with Gasteiger partial charge in [0.25, 0.3) is 5.91 Å². The van der Waals surface area contributed by atoms with Crippen LogP contribution in [0.1, 0.15) is 39.3 Å². The molecule has 5 heteroatoms. The quantitative estimate of drug-likeness (QED) is 0.927. The lowest BCUT2D eigenvalue weighted by Gasteiger charge is -2.24. The Labute approximate surface area is 123 Å². The Kier molecular flexibility index (Phi) is 4.18. The van der Waals surface area contributed by atoms with Crippen molar-refractivity contribution in [3.8, 4) is 0 Å². The van der Waals surface area contributed by atoms with Crippen LogP contribution in [0.4, 0.5) is 4.39 Å². The molecule has 1 aromatic carbocycles. The summed E-state index contributed by atoms with van der Waals surface area (Å²) in [5, 5.41) is 3.87. The molecule has 1 aromatic rings. The molecule has 3 nitrogen and oxygen atoms in total. The third kappa shape index (κ3) is 2.87. The number of nitrogens with one attached hydrogen (secondary N) is 1. The molecule has 2 rings (SSSR count). The first-order valence-corrected chi connectivity index (χ1v) is 7.48. The zero-order chi connectivity index (χ0) is 14.9. The summed E-state index contributed by atoms with van der Waals surface area (Å²) < 4.78 is 12.4. The van der Waals surface area contributed by atoms with E-state index in [0.717, 1.165) is 5.56 Å². The minimum atomic E-state index is -0.495. The van der Waals surface area contributed by atoms with Gasteiger partial charge in [0.1, 0.15) is 10.6 Å². The average molecular weight is 294 g/mol. The molecular formula is C15H19FN2OS. The monoisotopic (exact) mass is 294 g/mol. The molecule has 1 N–H and O–H groups in total. The molecule has 1 amide bonds. The Morgan fingerprint density at radius 2 is 1.85 bits per heavy atom. The van der Waals surface area contributed by atoms with E-state index < -0.39 is 4.75 Å². The summed E-state index contributed by atoms with van der Waals surface area (Å²) in [5.74, 6) is -0.133. The number of carbonyl (C=O) groups is 1. The third-order valence-corrected chi connectivity index (χ3v) is 5.22. The number of nitrogens with zero attached hydrogens (tertiary/aromatic N) is 1. The average Bonchev–Trinajstić information content (AvgIpc) is 2.66. The van der Waals surface area contributed by atoms with E-state index in [9.17, 15) is 9.18 Å². The topological polar surface area (TPSA) is 41.5 Å². The summed E-state index contributed by atoms with van der Waals surface area (Å²) in [6.07, 6.45) is 0. The molecule has 2 atom stereocenters. The van der Waals surface area contributed by atoms with E-state index in [2.05, 4.69) is 10.3 Å². The van der Waals surface area contributed by atoms with Crippen LogP contribution in [-0.2, 0) is 4.79 Å². The van der Waals surface area contributed by atoms with Crippen LogP contribution in [0.25, 0.3) is 0 Å². The van der Waals surface area contributed by atoms with E-state index in [1.54, 1.807) is 12.1 Å². The number of carbonyl (C=O) groups excluding carboxylic acids is 1. The molecule has 108 valence electrons. The van der Waals surface area contributed by atoms with Crippen LogP contribution in [0.2, 0.25) is 0 Å². The van der Waals surface area contributed by atoms with Crippen molar-refractivity contribution in [3.63, 3.8) is 0 Å². The van der Waals surface area contributed by atoms with Crippen LogP contribution in [0.3, 0.4) is 0 Å². The van der Waals surface area contributed by atoms with Crippen molar-refractivity contribution in [1.82, 2.24) is 5.32 Å². The van der Waals surface area contributed by atoms with E-state index >= 15 is 0 Å². The van der Waals surface area contributed by atoms with Crippen LogP contribution in [-0.4, -0.2) is 15.8 Å². The van der Waals surface area contributed by atoms with Gasteiger partial charge in [-0.3, -0.25) is 4.79 Å². The predicted molar refractivity (Wildman–Crippen MR) is 81.2 cm³/mol. The highest BCUT2D eigenvalue weighted by Gasteiger charge is 2.43. The van der Waals surface area contributed by atoms with Gasteiger partial charge in [-0.1, -0.05) is 37.7 Å². The molecule has 0 saturated carbocycles. The number of hydrogen-bond acceptors (Lipinski definition) is 3. The van der Waals surface area contributed by atoms with Crippen LogP contribution in [0, 0.1) is 11.7 Å². The van der Waals surface area contributed by atoms with Crippen molar-refractivity contribution >= 4 is 22.8 Å². The Balaban J connectivity index is 2.06. The second kappa shape index (κ2) is 5.56. The molecular weight excluding hydrogens is 275 g/mol. The minimum Gasteiger partial charge on any atom is -0.358 e. The lowest BCUT2D eigenvalue weighted by atomic mass is 9.96. The summed E-state index contributed by atoms with van der Waals surface area (Å²) in [6, 6.07) is 6.30. The second-order valence-corrected chi connectivity index (χ2v) is 6.94. The molecule has 1 unspecified atom stereocenters. The van der Waals surface area contributed by atoms with Gasteiger partial charge in [0.05, 0.1) is 6.04 Å². The van der Waals surface area contributed by atoms with E-state index in [0.29, 0.717) is 5.17 Å². The van der Waals surface area contributed by atoms with Gasteiger partial charge in [-0.05, 0) is 37.5 Å². The number of aliphatic imine (C=N–C) groups is 1. The largest absolute Gasteiger partial charge is 0.358 e. The molecule has 0 spiro atoms. The fourth-order valence-electron chi connectivity index (χ4n) is 1.92. The maximum atomic E-state index is 12.9. The first-order valence-electron chi connectivity index (χ1n) is 6.67. The van der Waals surface area contributed by atoms with Gasteiger partial charge in [-0.25, -0.2) is 4.39 Å². The summed E-state index contributed by atoms with van der Waals surface area (Å²) >= 11 is 1.47. The molecule has 1 aliphatic rings. The maximum Gasteiger partial charge on any atom is 0.264 e. The smallest absolute Gasteiger partial charge is 0.264 e. The number of halogens is 1. The summed E-state index contributed by atoms with van der Waals surface area (Å²) in [7, 11) is 0. The Morgan fingerprint density at radius 3 is 2.35 bits per heavy atom. The highest BCUT2D eigenvalue weighted by molar-refractivity contribution is 8.16. The molecule has 0 aliphatic carbocycles. The van der Waals surface area contributed by atoms with Crippen molar-refractivity contribution in [2.75, 3.05) is 0 Å². The van der Waals surface area contributed by atoms with Crippen molar-refractivity contribution in [1.29, 1.82) is 0 Å². The fraction of sp³-hybridized carbons (Fsp3) is 0.467. The van der Waals surface area contributed by atoms with Crippen LogP contribution in [0.15, 0.2) is 29.3 Å². The Morgan fingerprint density at radius 1 is 1.25 bits per heavy atom. The van der Waals surface area contributed by atoms with Crippen molar-refractivity contribution in [2.45, 2.75) is 38.5 Å². The number of hydrogen-bond donors (Lipinski definition) is 1. The Hall–Kier alpha value is -1.36. The van der Waals surface area contributed by atoms with Gasteiger partial charge >= 0.3 is 0 Å². The zero-order valence-corrected chi connectivity index (χ0v) is 12.9. The second-order valence-electron chi connectivity index (χ2n) is 5.50. The summed E-state index contributed by atoms with van der Waals surface area (Å²) in [5.41, 5.74) is 0.959. The molecule has 1 heterocycles. The maximum absolute atomic E-state index is 12.9. The van der Waals surface area contributed by atoms with Crippen molar-refractivity contribution < 1.29 is 9.18 Å². The molecule has 0 radical (unpaired) electrons. The number of amides is 1. The molecule has 0 fully saturated rings. The summed E-state index contributed by atoms with van der Waals surface area (Å²) in [4.78, 5) is 16.1. The molecule has 20 heavy (non-hydrogen) atoms. The predicted octanol–water partition coefficient (Wildman–Crippen LogP) is 3.52. The molecule has 0 saturated heterocycles. The highest BCUT2D eigenvalue weighted by atomic mass is 32.2. The van der Waals surface area contributed by atoms with Crippen LogP contribution >= 0.6 is 11.8 Å². The molecule has 0 aromatic heterocycles. The van der Waals surface area contributed by atoms with E-state index in [1.807, 2.05) is 27.7 Å². The third-order valence-electron chi connectivity index (χ3n) is 3.75. The van der Waals surface area contributed by atoms with E-state index in [-0.39, 0.29) is 23.7 Å². The van der Waals surface area contributed by atoms with Crippen LogP contribution < -0.4 is 5.32 Å². The molecule has 1 aliphatic heterocycles.